The predicted octanol–water partition coefficient (Wildman–Crippen LogP) is 3.49. The molecule has 1 N–H and O–H groups in total. The summed E-state index contributed by atoms with van der Waals surface area (Å²) in [5.41, 5.74) is 0.856. The van der Waals surface area contributed by atoms with E-state index in [-0.39, 0.29) is 28.7 Å². The van der Waals surface area contributed by atoms with Gasteiger partial charge >= 0.3 is 0 Å². The Morgan fingerprint density at radius 3 is 2.52 bits per heavy atom. The van der Waals surface area contributed by atoms with Crippen molar-refractivity contribution in [3.63, 3.8) is 0 Å². The molecule has 148 valence electrons. The van der Waals surface area contributed by atoms with Gasteiger partial charge in [-0.15, -0.1) is 0 Å². The summed E-state index contributed by atoms with van der Waals surface area (Å²) in [4.78, 5) is 26.6. The van der Waals surface area contributed by atoms with Gasteiger partial charge in [0.05, 0.1) is 0 Å². The molecule has 2 aliphatic heterocycles. The summed E-state index contributed by atoms with van der Waals surface area (Å²) in [5, 5.41) is 2.75. The summed E-state index contributed by atoms with van der Waals surface area (Å²) in [7, 11) is 1.68. The Kier molecular flexibility index (Phi) is 5.50. The maximum absolute atomic E-state index is 12.6. The summed E-state index contributed by atoms with van der Waals surface area (Å²) in [5.74, 6) is 1.35. The number of nitrogens with one attached hydrogen (secondary N) is 1. The molecular formula is C22H32N2O3. The highest BCUT2D eigenvalue weighted by Crippen LogP contribution is 2.46. The van der Waals surface area contributed by atoms with E-state index < -0.39 is 0 Å². The zero-order chi connectivity index (χ0) is 19.7. The first-order valence-corrected chi connectivity index (χ1v) is 9.98. The zero-order valence-electron chi connectivity index (χ0n) is 17.0. The van der Waals surface area contributed by atoms with E-state index in [1.807, 2.05) is 23.1 Å². The lowest BCUT2D eigenvalue weighted by atomic mass is 9.76. The number of benzene rings is 1. The van der Waals surface area contributed by atoms with E-state index in [4.69, 9.17) is 4.74 Å². The van der Waals surface area contributed by atoms with E-state index in [0.29, 0.717) is 12.8 Å². The minimum Gasteiger partial charge on any atom is -0.487 e. The number of ether oxygens (including phenoxy) is 1. The van der Waals surface area contributed by atoms with E-state index in [2.05, 4.69) is 32.2 Å². The molecule has 1 atom stereocenters. The molecular weight excluding hydrogens is 340 g/mol. The third-order valence-corrected chi connectivity index (χ3v) is 5.72. The highest BCUT2D eigenvalue weighted by molar-refractivity contribution is 5.77. The van der Waals surface area contributed by atoms with Crippen LogP contribution in [-0.2, 0) is 9.59 Å². The van der Waals surface area contributed by atoms with Gasteiger partial charge in [0.1, 0.15) is 11.4 Å². The third kappa shape index (κ3) is 4.63. The van der Waals surface area contributed by atoms with Crippen LogP contribution in [-0.4, -0.2) is 42.5 Å². The number of para-hydroxylation sites is 1. The molecule has 1 saturated heterocycles. The average Bonchev–Trinajstić information content (AvgIpc) is 2.60. The van der Waals surface area contributed by atoms with Gasteiger partial charge < -0.3 is 15.0 Å². The first-order valence-electron chi connectivity index (χ1n) is 9.98. The normalized spacial score (nSPS) is 21.3. The maximum atomic E-state index is 12.6. The standard InChI is InChI=1S/C22H32N2O3/c1-21(2,3)15-20(26)24-11-9-22(10-12-24)14-16(13-19(25)23-4)17-7-5-6-8-18(17)27-22/h5-8,16H,9-15H2,1-4H3,(H,23,25). The first kappa shape index (κ1) is 19.7. The largest absolute Gasteiger partial charge is 0.487 e. The van der Waals surface area contributed by atoms with Crippen LogP contribution in [0.5, 0.6) is 5.75 Å². The fourth-order valence-corrected chi connectivity index (χ4v) is 4.29. The Hall–Kier alpha value is -2.04. The molecule has 0 aliphatic carbocycles. The van der Waals surface area contributed by atoms with Gasteiger partial charge in [0.15, 0.2) is 0 Å². The van der Waals surface area contributed by atoms with Crippen molar-refractivity contribution in [3.05, 3.63) is 29.8 Å². The topological polar surface area (TPSA) is 58.6 Å². The van der Waals surface area contributed by atoms with Gasteiger partial charge in [0.25, 0.3) is 0 Å². The van der Waals surface area contributed by atoms with Crippen LogP contribution in [0.3, 0.4) is 0 Å². The van der Waals surface area contributed by atoms with Crippen molar-refractivity contribution in [2.24, 2.45) is 5.41 Å². The van der Waals surface area contributed by atoms with Crippen molar-refractivity contribution in [1.82, 2.24) is 10.2 Å². The summed E-state index contributed by atoms with van der Waals surface area (Å²) in [6.07, 6.45) is 3.52. The average molecular weight is 373 g/mol. The SMILES string of the molecule is CNC(=O)CC1CC2(CCN(C(=O)CC(C)(C)C)CC2)Oc2ccccc21. The predicted molar refractivity (Wildman–Crippen MR) is 106 cm³/mol. The Balaban J connectivity index is 1.72. The van der Waals surface area contributed by atoms with Crippen LogP contribution >= 0.6 is 0 Å². The molecule has 1 unspecified atom stereocenters. The van der Waals surface area contributed by atoms with E-state index in [9.17, 15) is 9.59 Å². The lowest BCUT2D eigenvalue weighted by Gasteiger charge is -2.47. The van der Waals surface area contributed by atoms with Gasteiger partial charge in [0.2, 0.25) is 11.8 Å². The van der Waals surface area contributed by atoms with Gasteiger partial charge in [-0.2, -0.15) is 0 Å². The van der Waals surface area contributed by atoms with Crippen LogP contribution in [0.15, 0.2) is 24.3 Å². The van der Waals surface area contributed by atoms with Crippen LogP contribution in [0.4, 0.5) is 0 Å². The van der Waals surface area contributed by atoms with E-state index in [1.165, 1.54) is 0 Å². The molecule has 2 aliphatic rings. The first-order chi connectivity index (χ1) is 12.7. The van der Waals surface area contributed by atoms with Crippen LogP contribution in [0.2, 0.25) is 0 Å². The summed E-state index contributed by atoms with van der Waals surface area (Å²) in [6.45, 7) is 7.75. The number of carbonyl (C=O) groups is 2. The molecule has 27 heavy (non-hydrogen) atoms. The number of carbonyl (C=O) groups excluding carboxylic acids is 2. The molecule has 1 aromatic carbocycles. The Morgan fingerprint density at radius 2 is 1.89 bits per heavy atom. The molecule has 0 saturated carbocycles. The molecule has 5 nitrogen and oxygen atoms in total. The smallest absolute Gasteiger partial charge is 0.223 e. The lowest BCUT2D eigenvalue weighted by molar-refractivity contribution is -0.137. The second-order valence-corrected chi connectivity index (χ2v) is 9.22. The third-order valence-electron chi connectivity index (χ3n) is 5.72. The Morgan fingerprint density at radius 1 is 1.22 bits per heavy atom. The molecule has 5 heteroatoms. The van der Waals surface area contributed by atoms with Crippen molar-refractivity contribution in [2.75, 3.05) is 20.1 Å². The van der Waals surface area contributed by atoms with Crippen molar-refractivity contribution in [3.8, 4) is 5.75 Å². The molecule has 1 aromatic rings. The van der Waals surface area contributed by atoms with Crippen molar-refractivity contribution in [2.45, 2.75) is 64.4 Å². The number of likely N-dealkylation sites (tertiary alicyclic amines) is 1. The lowest BCUT2D eigenvalue weighted by Crippen LogP contribution is -2.52. The molecule has 2 heterocycles. The number of hydrogen-bond acceptors (Lipinski definition) is 3. The number of rotatable bonds is 3. The molecule has 0 bridgehead atoms. The summed E-state index contributed by atoms with van der Waals surface area (Å²) >= 11 is 0. The van der Waals surface area contributed by atoms with Gasteiger partial charge in [0, 0.05) is 51.7 Å². The fraction of sp³-hybridized carbons (Fsp3) is 0.636. The fourth-order valence-electron chi connectivity index (χ4n) is 4.29. The van der Waals surface area contributed by atoms with Gasteiger partial charge in [-0.05, 0) is 23.5 Å². The Labute approximate surface area is 162 Å². The van der Waals surface area contributed by atoms with E-state index in [0.717, 1.165) is 43.7 Å². The van der Waals surface area contributed by atoms with E-state index >= 15 is 0 Å². The van der Waals surface area contributed by atoms with Gasteiger partial charge in [-0.25, -0.2) is 0 Å². The van der Waals surface area contributed by atoms with E-state index in [1.54, 1.807) is 7.05 Å². The number of piperidine rings is 1. The summed E-state index contributed by atoms with van der Waals surface area (Å²) in [6, 6.07) is 8.06. The highest BCUT2D eigenvalue weighted by atomic mass is 16.5. The zero-order valence-corrected chi connectivity index (χ0v) is 17.0. The monoisotopic (exact) mass is 372 g/mol. The van der Waals surface area contributed by atoms with Crippen molar-refractivity contribution < 1.29 is 14.3 Å². The van der Waals surface area contributed by atoms with Crippen molar-refractivity contribution in [1.29, 1.82) is 0 Å². The number of hydrogen-bond donors (Lipinski definition) is 1. The van der Waals surface area contributed by atoms with Crippen LogP contribution < -0.4 is 10.1 Å². The van der Waals surface area contributed by atoms with Gasteiger partial charge in [-0.3, -0.25) is 9.59 Å². The second-order valence-electron chi connectivity index (χ2n) is 9.22. The minimum atomic E-state index is -0.272. The summed E-state index contributed by atoms with van der Waals surface area (Å²) < 4.78 is 6.47. The Bertz CT molecular complexity index is 700. The highest BCUT2D eigenvalue weighted by Gasteiger charge is 2.44. The quantitative estimate of drug-likeness (QED) is 0.884. The van der Waals surface area contributed by atoms with Crippen LogP contribution in [0, 0.1) is 5.41 Å². The maximum Gasteiger partial charge on any atom is 0.223 e. The number of nitrogens with zero attached hydrogens (tertiary/aromatic N) is 1. The van der Waals surface area contributed by atoms with Crippen LogP contribution in [0.25, 0.3) is 0 Å². The number of amides is 2. The molecule has 0 radical (unpaired) electrons. The minimum absolute atomic E-state index is 0.00507. The molecule has 3 rings (SSSR count). The molecule has 1 spiro atoms. The second kappa shape index (κ2) is 7.53. The molecule has 0 aromatic heterocycles. The number of fused-ring (bicyclic) bond motifs is 1. The van der Waals surface area contributed by atoms with Crippen molar-refractivity contribution >= 4 is 11.8 Å². The van der Waals surface area contributed by atoms with Crippen LogP contribution in [0.1, 0.15) is 64.4 Å². The van der Waals surface area contributed by atoms with Gasteiger partial charge in [-0.1, -0.05) is 39.0 Å². The molecule has 1 fully saturated rings. The molecule has 2 amide bonds.